The molecule has 18 heavy (non-hydrogen) atoms. The first-order chi connectivity index (χ1) is 8.56. The van der Waals surface area contributed by atoms with Crippen molar-refractivity contribution in [3.05, 3.63) is 33.9 Å². The summed E-state index contributed by atoms with van der Waals surface area (Å²) in [6, 6.07) is 5.60. The number of hydrogen-bond acceptors (Lipinski definition) is 4. The zero-order chi connectivity index (χ0) is 13.1. The van der Waals surface area contributed by atoms with Crippen molar-refractivity contribution in [1.29, 1.82) is 0 Å². The van der Waals surface area contributed by atoms with Gasteiger partial charge in [0.25, 0.3) is 5.69 Å². The van der Waals surface area contributed by atoms with Gasteiger partial charge in [0.1, 0.15) is 5.69 Å². The van der Waals surface area contributed by atoms with Crippen molar-refractivity contribution < 1.29 is 4.92 Å². The number of nitro groups is 1. The van der Waals surface area contributed by atoms with Crippen LogP contribution in [-0.4, -0.2) is 17.0 Å². The van der Waals surface area contributed by atoms with Gasteiger partial charge in [0.2, 0.25) is 0 Å². The molecule has 0 bridgehead atoms. The first-order valence-corrected chi connectivity index (χ1v) is 6.33. The lowest BCUT2D eigenvalue weighted by Gasteiger charge is -2.28. The van der Waals surface area contributed by atoms with E-state index in [9.17, 15) is 10.1 Å². The van der Waals surface area contributed by atoms with Gasteiger partial charge in [-0.05, 0) is 44.2 Å². The summed E-state index contributed by atoms with van der Waals surface area (Å²) in [6.45, 7) is 1.93. The summed E-state index contributed by atoms with van der Waals surface area (Å²) in [5.41, 5.74) is 7.70. The van der Waals surface area contributed by atoms with Gasteiger partial charge in [0.05, 0.1) is 4.92 Å². The number of aryl methyl sites for hydroxylation is 1. The third-order valence-electron chi connectivity index (χ3n) is 3.42. The van der Waals surface area contributed by atoms with E-state index in [1.54, 1.807) is 12.1 Å². The quantitative estimate of drug-likeness (QED) is 0.637. The molecule has 5 heteroatoms. The number of anilines is 1. The molecule has 1 aromatic rings. The summed E-state index contributed by atoms with van der Waals surface area (Å²) < 4.78 is 0. The third-order valence-corrected chi connectivity index (χ3v) is 3.42. The smallest absolute Gasteiger partial charge is 0.292 e. The van der Waals surface area contributed by atoms with E-state index < -0.39 is 0 Å². The van der Waals surface area contributed by atoms with Gasteiger partial charge in [-0.2, -0.15) is 0 Å². The van der Waals surface area contributed by atoms with Crippen LogP contribution in [0.3, 0.4) is 0 Å². The molecule has 1 fully saturated rings. The number of benzene rings is 1. The third kappa shape index (κ3) is 2.98. The molecule has 0 radical (unpaired) electrons. The van der Waals surface area contributed by atoms with Crippen molar-refractivity contribution >= 4 is 11.4 Å². The van der Waals surface area contributed by atoms with Crippen LogP contribution in [0.1, 0.15) is 31.2 Å². The number of nitrogens with two attached hydrogens (primary N) is 1. The van der Waals surface area contributed by atoms with Gasteiger partial charge in [0, 0.05) is 18.2 Å². The topological polar surface area (TPSA) is 81.2 Å². The summed E-state index contributed by atoms with van der Waals surface area (Å²) >= 11 is 0. The van der Waals surface area contributed by atoms with Crippen LogP contribution in [0.25, 0.3) is 0 Å². The summed E-state index contributed by atoms with van der Waals surface area (Å²) in [5.74, 6) is 0. The average Bonchev–Trinajstić information content (AvgIpc) is 2.28. The van der Waals surface area contributed by atoms with Crippen molar-refractivity contribution in [3.8, 4) is 0 Å². The highest BCUT2D eigenvalue weighted by molar-refractivity contribution is 5.63. The molecule has 1 saturated carbocycles. The Bertz CT molecular complexity index is 448. The molecule has 2 unspecified atom stereocenters. The van der Waals surface area contributed by atoms with E-state index in [1.165, 1.54) is 0 Å². The lowest BCUT2D eigenvalue weighted by molar-refractivity contribution is -0.384. The summed E-state index contributed by atoms with van der Waals surface area (Å²) in [6.07, 6.45) is 4.04. The fourth-order valence-corrected chi connectivity index (χ4v) is 2.50. The lowest BCUT2D eigenvalue weighted by Crippen LogP contribution is -2.35. The van der Waals surface area contributed by atoms with Crippen molar-refractivity contribution in [2.45, 2.75) is 44.7 Å². The SMILES string of the molecule is Cc1ccc([N+](=O)[O-])c(NC2CCCC(N)C2)c1. The van der Waals surface area contributed by atoms with Crippen LogP contribution < -0.4 is 11.1 Å². The minimum Gasteiger partial charge on any atom is -0.377 e. The Morgan fingerprint density at radius 3 is 2.89 bits per heavy atom. The first-order valence-electron chi connectivity index (χ1n) is 6.33. The zero-order valence-electron chi connectivity index (χ0n) is 10.6. The van der Waals surface area contributed by atoms with E-state index in [4.69, 9.17) is 5.73 Å². The molecule has 0 aliphatic heterocycles. The van der Waals surface area contributed by atoms with Crippen LogP contribution in [0.4, 0.5) is 11.4 Å². The summed E-state index contributed by atoms with van der Waals surface area (Å²) in [7, 11) is 0. The lowest BCUT2D eigenvalue weighted by atomic mass is 9.91. The first kappa shape index (κ1) is 12.8. The zero-order valence-corrected chi connectivity index (χ0v) is 10.6. The maximum Gasteiger partial charge on any atom is 0.292 e. The Labute approximate surface area is 107 Å². The Morgan fingerprint density at radius 1 is 1.44 bits per heavy atom. The maximum absolute atomic E-state index is 11.0. The van der Waals surface area contributed by atoms with E-state index in [0.29, 0.717) is 5.69 Å². The number of nitrogens with zero attached hydrogens (tertiary/aromatic N) is 1. The fraction of sp³-hybridized carbons (Fsp3) is 0.538. The predicted octanol–water partition coefficient (Wildman–Crippen LogP) is 2.59. The Balaban J connectivity index is 2.16. The molecule has 5 nitrogen and oxygen atoms in total. The Morgan fingerprint density at radius 2 is 2.22 bits per heavy atom. The normalized spacial score (nSPS) is 23.7. The molecule has 0 amide bonds. The second-order valence-electron chi connectivity index (χ2n) is 5.05. The van der Waals surface area contributed by atoms with Crippen molar-refractivity contribution in [2.75, 3.05) is 5.32 Å². The van der Waals surface area contributed by atoms with Crippen molar-refractivity contribution in [2.24, 2.45) is 5.73 Å². The number of hydrogen-bond donors (Lipinski definition) is 2. The highest BCUT2D eigenvalue weighted by atomic mass is 16.6. The van der Waals surface area contributed by atoms with Gasteiger partial charge >= 0.3 is 0 Å². The molecular formula is C13H19N3O2. The van der Waals surface area contributed by atoms with Gasteiger partial charge in [-0.3, -0.25) is 10.1 Å². The van der Waals surface area contributed by atoms with Gasteiger partial charge in [-0.1, -0.05) is 6.07 Å². The van der Waals surface area contributed by atoms with Crippen LogP contribution in [0.5, 0.6) is 0 Å². The molecule has 98 valence electrons. The van der Waals surface area contributed by atoms with Crippen LogP contribution in [0.2, 0.25) is 0 Å². The molecule has 1 aromatic carbocycles. The van der Waals surface area contributed by atoms with E-state index in [2.05, 4.69) is 5.32 Å². The number of nitrogens with one attached hydrogen (secondary N) is 1. The molecule has 0 heterocycles. The molecule has 1 aliphatic carbocycles. The largest absolute Gasteiger partial charge is 0.377 e. The molecule has 0 spiro atoms. The van der Waals surface area contributed by atoms with Crippen LogP contribution in [-0.2, 0) is 0 Å². The van der Waals surface area contributed by atoms with Crippen LogP contribution in [0.15, 0.2) is 18.2 Å². The maximum atomic E-state index is 11.0. The molecule has 2 rings (SSSR count). The molecular weight excluding hydrogens is 230 g/mol. The molecule has 1 aliphatic rings. The molecule has 2 atom stereocenters. The Hall–Kier alpha value is -1.62. The number of nitro benzene ring substituents is 1. The van der Waals surface area contributed by atoms with E-state index >= 15 is 0 Å². The van der Waals surface area contributed by atoms with Gasteiger partial charge < -0.3 is 11.1 Å². The van der Waals surface area contributed by atoms with Crippen molar-refractivity contribution in [1.82, 2.24) is 0 Å². The van der Waals surface area contributed by atoms with Crippen LogP contribution >= 0.6 is 0 Å². The highest BCUT2D eigenvalue weighted by Gasteiger charge is 2.22. The van der Waals surface area contributed by atoms with Crippen molar-refractivity contribution in [3.63, 3.8) is 0 Å². The summed E-state index contributed by atoms with van der Waals surface area (Å²) in [4.78, 5) is 10.6. The number of rotatable bonds is 3. The highest BCUT2D eigenvalue weighted by Crippen LogP contribution is 2.28. The second-order valence-corrected chi connectivity index (χ2v) is 5.05. The minimum atomic E-state index is -0.343. The standard InChI is InChI=1S/C13H19N3O2/c1-9-5-6-13(16(17)18)12(7-9)15-11-4-2-3-10(14)8-11/h5-7,10-11,15H,2-4,8,14H2,1H3. The summed E-state index contributed by atoms with van der Waals surface area (Å²) in [5, 5.41) is 14.3. The van der Waals surface area contributed by atoms with E-state index in [-0.39, 0.29) is 22.7 Å². The minimum absolute atomic E-state index is 0.139. The molecule has 0 saturated heterocycles. The van der Waals surface area contributed by atoms with Gasteiger partial charge in [-0.15, -0.1) is 0 Å². The van der Waals surface area contributed by atoms with Gasteiger partial charge in [-0.25, -0.2) is 0 Å². The fourth-order valence-electron chi connectivity index (χ4n) is 2.50. The molecule has 3 N–H and O–H groups in total. The van der Waals surface area contributed by atoms with E-state index in [0.717, 1.165) is 31.2 Å². The molecule has 0 aromatic heterocycles. The Kier molecular flexibility index (Phi) is 3.81. The monoisotopic (exact) mass is 249 g/mol. The predicted molar refractivity (Wildman–Crippen MR) is 71.7 cm³/mol. The average molecular weight is 249 g/mol. The second kappa shape index (κ2) is 5.35. The van der Waals surface area contributed by atoms with E-state index in [1.807, 2.05) is 13.0 Å². The van der Waals surface area contributed by atoms with Crippen LogP contribution in [0, 0.1) is 17.0 Å². The van der Waals surface area contributed by atoms with Gasteiger partial charge in [0.15, 0.2) is 0 Å².